The van der Waals surface area contributed by atoms with Crippen molar-refractivity contribution < 1.29 is 9.59 Å². The molecule has 0 aromatic carbocycles. The number of carbonyl (C=O) groups is 2. The lowest BCUT2D eigenvalue weighted by Gasteiger charge is -2.31. The van der Waals surface area contributed by atoms with Gasteiger partial charge in [-0.3, -0.25) is 9.59 Å². The van der Waals surface area contributed by atoms with Crippen molar-refractivity contribution >= 4 is 34.8 Å². The molecule has 1 unspecified atom stereocenters. The van der Waals surface area contributed by atoms with E-state index in [2.05, 4.69) is 11.4 Å². The number of nitrogens with zero attached hydrogens (tertiary/aromatic N) is 1. The van der Waals surface area contributed by atoms with Crippen LogP contribution >= 0.6 is 22.9 Å². The Balaban J connectivity index is 1.62. The van der Waals surface area contributed by atoms with Crippen LogP contribution < -0.4 is 5.32 Å². The van der Waals surface area contributed by atoms with E-state index in [-0.39, 0.29) is 17.7 Å². The minimum atomic E-state index is -0.0475. The first-order valence-electron chi connectivity index (χ1n) is 7.83. The van der Waals surface area contributed by atoms with Gasteiger partial charge in [0.2, 0.25) is 11.8 Å². The molecule has 1 aromatic heterocycles. The van der Waals surface area contributed by atoms with Crippen LogP contribution in [0.15, 0.2) is 12.1 Å². The van der Waals surface area contributed by atoms with Crippen LogP contribution in [-0.4, -0.2) is 36.3 Å². The van der Waals surface area contributed by atoms with E-state index in [9.17, 15) is 9.59 Å². The lowest BCUT2D eigenvalue weighted by Crippen LogP contribution is -2.44. The Morgan fingerprint density at radius 2 is 2.23 bits per heavy atom. The van der Waals surface area contributed by atoms with E-state index in [0.29, 0.717) is 13.1 Å². The van der Waals surface area contributed by atoms with Gasteiger partial charge in [-0.05, 0) is 44.2 Å². The number of hydrogen-bond acceptors (Lipinski definition) is 3. The van der Waals surface area contributed by atoms with Crippen molar-refractivity contribution in [1.82, 2.24) is 10.2 Å². The summed E-state index contributed by atoms with van der Waals surface area (Å²) in [5.41, 5.74) is 0. The van der Waals surface area contributed by atoms with E-state index in [0.717, 1.165) is 43.0 Å². The van der Waals surface area contributed by atoms with Gasteiger partial charge in [0.1, 0.15) is 0 Å². The van der Waals surface area contributed by atoms with Crippen molar-refractivity contribution in [1.29, 1.82) is 0 Å². The number of amides is 2. The SMILES string of the molecule is CC(=O)N1CCCC(C(=O)NCCCCc2ccc(Cl)s2)C1. The highest BCUT2D eigenvalue weighted by Gasteiger charge is 2.26. The maximum atomic E-state index is 12.1. The lowest BCUT2D eigenvalue weighted by atomic mass is 9.97. The summed E-state index contributed by atoms with van der Waals surface area (Å²) in [6, 6.07) is 3.98. The highest BCUT2D eigenvalue weighted by atomic mass is 35.5. The second-order valence-corrected chi connectivity index (χ2v) is 7.56. The molecular formula is C16H23ClN2O2S. The third-order valence-electron chi connectivity index (χ3n) is 4.02. The molecule has 1 aliphatic heterocycles. The number of carbonyl (C=O) groups excluding carboxylic acids is 2. The van der Waals surface area contributed by atoms with Crippen molar-refractivity contribution in [2.24, 2.45) is 5.92 Å². The molecule has 2 rings (SSSR count). The molecule has 1 saturated heterocycles. The Hall–Kier alpha value is -1.07. The van der Waals surface area contributed by atoms with Crippen LogP contribution in [0.5, 0.6) is 0 Å². The molecule has 4 nitrogen and oxygen atoms in total. The first-order chi connectivity index (χ1) is 10.6. The molecule has 1 aliphatic rings. The zero-order valence-corrected chi connectivity index (χ0v) is 14.5. The van der Waals surface area contributed by atoms with Crippen LogP contribution in [0.1, 0.15) is 37.5 Å². The van der Waals surface area contributed by atoms with Gasteiger partial charge in [-0.25, -0.2) is 0 Å². The molecule has 1 fully saturated rings. The third-order valence-corrected chi connectivity index (χ3v) is 5.31. The molecule has 1 N–H and O–H groups in total. The highest BCUT2D eigenvalue weighted by molar-refractivity contribution is 7.16. The Morgan fingerprint density at radius 3 is 2.91 bits per heavy atom. The van der Waals surface area contributed by atoms with E-state index in [1.165, 1.54) is 4.88 Å². The van der Waals surface area contributed by atoms with Gasteiger partial charge < -0.3 is 10.2 Å². The second-order valence-electron chi connectivity index (χ2n) is 5.76. The number of thiophene rings is 1. The van der Waals surface area contributed by atoms with Crippen molar-refractivity contribution in [2.45, 2.75) is 39.0 Å². The molecular weight excluding hydrogens is 320 g/mol. The minimum Gasteiger partial charge on any atom is -0.356 e. The summed E-state index contributed by atoms with van der Waals surface area (Å²) in [6.07, 6.45) is 4.81. The van der Waals surface area contributed by atoms with E-state index in [1.807, 2.05) is 6.07 Å². The molecule has 0 bridgehead atoms. The number of nitrogens with one attached hydrogen (secondary N) is 1. The molecule has 0 radical (unpaired) electrons. The largest absolute Gasteiger partial charge is 0.356 e. The molecule has 0 spiro atoms. The van der Waals surface area contributed by atoms with E-state index >= 15 is 0 Å². The Kier molecular flexibility index (Phi) is 6.70. The first kappa shape index (κ1) is 17.3. The van der Waals surface area contributed by atoms with Crippen molar-refractivity contribution in [2.75, 3.05) is 19.6 Å². The topological polar surface area (TPSA) is 49.4 Å². The fraction of sp³-hybridized carbons (Fsp3) is 0.625. The summed E-state index contributed by atoms with van der Waals surface area (Å²) in [7, 11) is 0. The van der Waals surface area contributed by atoms with Crippen molar-refractivity contribution in [3.8, 4) is 0 Å². The van der Waals surface area contributed by atoms with Crippen LogP contribution in [0.2, 0.25) is 4.34 Å². The number of halogens is 1. The number of likely N-dealkylation sites (tertiary alicyclic amines) is 1. The van der Waals surface area contributed by atoms with E-state index in [1.54, 1.807) is 23.2 Å². The fourth-order valence-electron chi connectivity index (χ4n) is 2.74. The zero-order valence-electron chi connectivity index (χ0n) is 12.9. The van der Waals surface area contributed by atoms with Gasteiger partial charge in [-0.1, -0.05) is 11.6 Å². The fourth-order valence-corrected chi connectivity index (χ4v) is 3.87. The number of aryl methyl sites for hydroxylation is 1. The van der Waals surface area contributed by atoms with E-state index in [4.69, 9.17) is 11.6 Å². The van der Waals surface area contributed by atoms with Gasteiger partial charge in [-0.15, -0.1) is 11.3 Å². The zero-order chi connectivity index (χ0) is 15.9. The number of hydrogen-bond donors (Lipinski definition) is 1. The molecule has 1 atom stereocenters. The van der Waals surface area contributed by atoms with Gasteiger partial charge >= 0.3 is 0 Å². The standard InChI is InChI=1S/C16H23ClN2O2S/c1-12(20)19-10-4-5-13(11-19)16(21)18-9-3-2-6-14-7-8-15(17)22-14/h7-8,13H,2-6,9-11H2,1H3,(H,18,21). The number of rotatable bonds is 6. The monoisotopic (exact) mass is 342 g/mol. The summed E-state index contributed by atoms with van der Waals surface area (Å²) in [5.74, 6) is 0.103. The third kappa shape index (κ3) is 5.29. The van der Waals surface area contributed by atoms with Gasteiger partial charge in [0.15, 0.2) is 0 Å². The smallest absolute Gasteiger partial charge is 0.224 e. The lowest BCUT2D eigenvalue weighted by molar-refractivity contribution is -0.133. The summed E-state index contributed by atoms with van der Waals surface area (Å²) in [5, 5.41) is 3.00. The first-order valence-corrected chi connectivity index (χ1v) is 9.03. The summed E-state index contributed by atoms with van der Waals surface area (Å²) >= 11 is 7.51. The summed E-state index contributed by atoms with van der Waals surface area (Å²) in [6.45, 7) is 3.61. The van der Waals surface area contributed by atoms with Crippen LogP contribution in [0.25, 0.3) is 0 Å². The molecule has 122 valence electrons. The van der Waals surface area contributed by atoms with Gasteiger partial charge in [0.05, 0.1) is 10.3 Å². The molecule has 0 aliphatic carbocycles. The van der Waals surface area contributed by atoms with Gasteiger partial charge in [0, 0.05) is 31.4 Å². The molecule has 6 heteroatoms. The molecule has 0 saturated carbocycles. The molecule has 2 amide bonds. The minimum absolute atomic E-state index is 0.0475. The maximum Gasteiger partial charge on any atom is 0.224 e. The van der Waals surface area contributed by atoms with Crippen LogP contribution in [0, 0.1) is 5.92 Å². The van der Waals surface area contributed by atoms with Crippen molar-refractivity contribution in [3.05, 3.63) is 21.3 Å². The van der Waals surface area contributed by atoms with Crippen LogP contribution in [0.3, 0.4) is 0 Å². The molecule has 1 aromatic rings. The van der Waals surface area contributed by atoms with Gasteiger partial charge in [0.25, 0.3) is 0 Å². The average Bonchev–Trinajstić information content (AvgIpc) is 2.92. The highest BCUT2D eigenvalue weighted by Crippen LogP contribution is 2.22. The molecule has 22 heavy (non-hydrogen) atoms. The predicted octanol–water partition coefficient (Wildman–Crippen LogP) is 3.10. The maximum absolute atomic E-state index is 12.1. The van der Waals surface area contributed by atoms with Crippen LogP contribution in [0.4, 0.5) is 0 Å². The molecule has 2 heterocycles. The van der Waals surface area contributed by atoms with Gasteiger partial charge in [-0.2, -0.15) is 0 Å². The Bertz CT molecular complexity index is 518. The van der Waals surface area contributed by atoms with E-state index < -0.39 is 0 Å². The Morgan fingerprint density at radius 1 is 1.41 bits per heavy atom. The average molecular weight is 343 g/mol. The number of piperidine rings is 1. The predicted molar refractivity (Wildman–Crippen MR) is 90.3 cm³/mol. The number of unbranched alkanes of at least 4 members (excludes halogenated alkanes) is 1. The normalized spacial score (nSPS) is 18.3. The summed E-state index contributed by atoms with van der Waals surface area (Å²) in [4.78, 5) is 26.6. The Labute approximate surface area is 140 Å². The second kappa shape index (κ2) is 8.53. The van der Waals surface area contributed by atoms with Crippen molar-refractivity contribution in [3.63, 3.8) is 0 Å². The quantitative estimate of drug-likeness (QED) is 0.807. The summed E-state index contributed by atoms with van der Waals surface area (Å²) < 4.78 is 0.829. The van der Waals surface area contributed by atoms with Crippen LogP contribution in [-0.2, 0) is 16.0 Å².